The van der Waals surface area contributed by atoms with E-state index < -0.39 is 12.0 Å². The number of nitrogens with zero attached hydrogens (tertiary/aromatic N) is 1. The van der Waals surface area contributed by atoms with E-state index in [4.69, 9.17) is 9.47 Å². The van der Waals surface area contributed by atoms with E-state index in [1.165, 1.54) is 14.0 Å². The van der Waals surface area contributed by atoms with Crippen molar-refractivity contribution < 1.29 is 19.1 Å². The zero-order valence-corrected chi connectivity index (χ0v) is 11.3. The molecule has 1 heterocycles. The molecule has 0 aliphatic carbocycles. The number of hydrogen-bond donors (Lipinski definition) is 1. The predicted molar refractivity (Wildman–Crippen MR) is 66.1 cm³/mol. The van der Waals surface area contributed by atoms with E-state index in [9.17, 15) is 9.59 Å². The van der Waals surface area contributed by atoms with E-state index in [0.717, 1.165) is 25.9 Å². The maximum atomic E-state index is 11.6. The lowest BCUT2D eigenvalue weighted by molar-refractivity contribution is -0.145. The molecule has 1 N–H and O–H groups in total. The van der Waals surface area contributed by atoms with Crippen LogP contribution in [0.25, 0.3) is 0 Å². The van der Waals surface area contributed by atoms with Gasteiger partial charge in [0.25, 0.3) is 0 Å². The van der Waals surface area contributed by atoms with Gasteiger partial charge in [0.2, 0.25) is 5.91 Å². The van der Waals surface area contributed by atoms with E-state index in [2.05, 4.69) is 10.2 Å². The minimum absolute atomic E-state index is 0.203. The van der Waals surface area contributed by atoms with Crippen molar-refractivity contribution in [2.24, 2.45) is 0 Å². The van der Waals surface area contributed by atoms with Gasteiger partial charge in [-0.1, -0.05) is 0 Å². The van der Waals surface area contributed by atoms with Gasteiger partial charge in [-0.3, -0.25) is 9.69 Å². The Hall–Kier alpha value is -1.14. The first-order valence-corrected chi connectivity index (χ1v) is 6.17. The molecule has 2 atom stereocenters. The molecule has 0 spiro atoms. The molecular weight excluding hydrogens is 236 g/mol. The first-order chi connectivity index (χ1) is 8.56. The Morgan fingerprint density at radius 1 is 1.44 bits per heavy atom. The van der Waals surface area contributed by atoms with Gasteiger partial charge in [-0.25, -0.2) is 4.79 Å². The lowest BCUT2D eigenvalue weighted by Crippen LogP contribution is -2.51. The first-order valence-electron chi connectivity index (χ1n) is 6.17. The Kier molecular flexibility index (Phi) is 6.07. The summed E-state index contributed by atoms with van der Waals surface area (Å²) in [7, 11) is 3.02. The number of amides is 1. The topological polar surface area (TPSA) is 67.9 Å². The predicted octanol–water partition coefficient (Wildman–Crippen LogP) is -0.225. The Bertz CT molecular complexity index is 296. The summed E-state index contributed by atoms with van der Waals surface area (Å²) in [5.41, 5.74) is 0. The Labute approximate surface area is 108 Å². The number of hydrogen-bond acceptors (Lipinski definition) is 5. The molecule has 1 rings (SSSR count). The second kappa shape index (κ2) is 7.33. The Morgan fingerprint density at radius 2 is 2.17 bits per heavy atom. The lowest BCUT2D eigenvalue weighted by Gasteiger charge is -2.33. The molecular formula is C12H22N2O4. The number of ether oxygens (including phenoxy) is 2. The number of rotatable bonds is 5. The number of carbonyl (C=O) groups excluding carboxylic acids is 2. The van der Waals surface area contributed by atoms with Gasteiger partial charge in [0.1, 0.15) is 6.04 Å². The summed E-state index contributed by atoms with van der Waals surface area (Å²) in [5, 5.41) is 2.61. The largest absolute Gasteiger partial charge is 0.467 e. The van der Waals surface area contributed by atoms with Crippen molar-refractivity contribution in [2.45, 2.75) is 31.9 Å². The van der Waals surface area contributed by atoms with E-state index in [0.29, 0.717) is 6.54 Å². The molecule has 0 aromatic rings. The second-order valence-corrected chi connectivity index (χ2v) is 4.54. The number of esters is 1. The van der Waals surface area contributed by atoms with Crippen LogP contribution >= 0.6 is 0 Å². The van der Waals surface area contributed by atoms with Crippen LogP contribution in [0.2, 0.25) is 0 Å². The molecule has 18 heavy (non-hydrogen) atoms. The molecule has 2 unspecified atom stereocenters. The van der Waals surface area contributed by atoms with Crippen molar-refractivity contribution in [3.05, 3.63) is 0 Å². The molecule has 0 radical (unpaired) electrons. The van der Waals surface area contributed by atoms with Gasteiger partial charge in [-0.05, 0) is 19.4 Å². The van der Waals surface area contributed by atoms with Gasteiger partial charge in [0.15, 0.2) is 0 Å². The van der Waals surface area contributed by atoms with Gasteiger partial charge in [-0.2, -0.15) is 0 Å². The van der Waals surface area contributed by atoms with Gasteiger partial charge in [0.05, 0.1) is 13.2 Å². The van der Waals surface area contributed by atoms with Gasteiger partial charge in [-0.15, -0.1) is 0 Å². The summed E-state index contributed by atoms with van der Waals surface area (Å²) < 4.78 is 10.0. The van der Waals surface area contributed by atoms with Crippen LogP contribution in [0, 0.1) is 0 Å². The molecule has 0 bridgehead atoms. The van der Waals surface area contributed by atoms with E-state index in [-0.39, 0.29) is 12.0 Å². The third-order valence-corrected chi connectivity index (χ3v) is 3.10. The molecule has 1 amide bonds. The fourth-order valence-corrected chi connectivity index (χ4v) is 2.20. The van der Waals surface area contributed by atoms with Crippen LogP contribution in [-0.4, -0.2) is 62.8 Å². The Balaban J connectivity index is 2.53. The number of methoxy groups -OCH3 is 2. The van der Waals surface area contributed by atoms with Crippen molar-refractivity contribution in [3.63, 3.8) is 0 Å². The van der Waals surface area contributed by atoms with Gasteiger partial charge in [0, 0.05) is 27.1 Å². The SMILES string of the molecule is COC(=O)C(CN1CCCC(OC)C1)NC(C)=O. The summed E-state index contributed by atoms with van der Waals surface area (Å²) >= 11 is 0. The van der Waals surface area contributed by atoms with Crippen molar-refractivity contribution in [1.29, 1.82) is 0 Å². The molecule has 6 nitrogen and oxygen atoms in total. The fraction of sp³-hybridized carbons (Fsp3) is 0.833. The third kappa shape index (κ3) is 4.62. The highest BCUT2D eigenvalue weighted by atomic mass is 16.5. The normalized spacial score (nSPS) is 22.3. The third-order valence-electron chi connectivity index (χ3n) is 3.10. The van der Waals surface area contributed by atoms with Crippen molar-refractivity contribution >= 4 is 11.9 Å². The van der Waals surface area contributed by atoms with Crippen LogP contribution < -0.4 is 5.32 Å². The lowest BCUT2D eigenvalue weighted by atomic mass is 10.1. The summed E-state index contributed by atoms with van der Waals surface area (Å²) in [6.45, 7) is 3.55. The maximum absolute atomic E-state index is 11.6. The quantitative estimate of drug-likeness (QED) is 0.690. The van der Waals surface area contributed by atoms with Crippen molar-refractivity contribution in [2.75, 3.05) is 33.9 Å². The summed E-state index contributed by atoms with van der Waals surface area (Å²) in [6, 6.07) is -0.608. The van der Waals surface area contributed by atoms with Gasteiger partial charge < -0.3 is 14.8 Å². The van der Waals surface area contributed by atoms with Crippen LogP contribution in [-0.2, 0) is 19.1 Å². The molecule has 1 fully saturated rings. The fourth-order valence-electron chi connectivity index (χ4n) is 2.20. The van der Waals surface area contributed by atoms with Crippen LogP contribution in [0.4, 0.5) is 0 Å². The van der Waals surface area contributed by atoms with Crippen molar-refractivity contribution in [3.8, 4) is 0 Å². The smallest absolute Gasteiger partial charge is 0.329 e. The summed E-state index contributed by atoms with van der Waals surface area (Å²) in [5.74, 6) is -0.643. The molecule has 1 saturated heterocycles. The monoisotopic (exact) mass is 258 g/mol. The first kappa shape index (κ1) is 14.9. The van der Waals surface area contributed by atoms with E-state index in [1.54, 1.807) is 7.11 Å². The molecule has 0 saturated carbocycles. The Morgan fingerprint density at radius 3 is 2.72 bits per heavy atom. The standard InChI is InChI=1S/C12H22N2O4/c1-9(15)13-11(12(16)18-3)8-14-6-4-5-10(7-14)17-2/h10-11H,4-8H2,1-3H3,(H,13,15). The zero-order valence-electron chi connectivity index (χ0n) is 11.3. The van der Waals surface area contributed by atoms with E-state index in [1.807, 2.05) is 0 Å². The molecule has 104 valence electrons. The van der Waals surface area contributed by atoms with Crippen LogP contribution in [0.1, 0.15) is 19.8 Å². The minimum Gasteiger partial charge on any atom is -0.467 e. The zero-order chi connectivity index (χ0) is 13.5. The minimum atomic E-state index is -0.608. The van der Waals surface area contributed by atoms with Crippen LogP contribution in [0.5, 0.6) is 0 Å². The van der Waals surface area contributed by atoms with Crippen LogP contribution in [0.15, 0.2) is 0 Å². The average molecular weight is 258 g/mol. The molecule has 1 aliphatic rings. The number of carbonyl (C=O) groups is 2. The second-order valence-electron chi connectivity index (χ2n) is 4.54. The highest BCUT2D eigenvalue weighted by Crippen LogP contribution is 2.12. The molecule has 1 aliphatic heterocycles. The molecule has 0 aromatic heterocycles. The average Bonchev–Trinajstić information content (AvgIpc) is 2.36. The number of nitrogens with one attached hydrogen (secondary N) is 1. The van der Waals surface area contributed by atoms with Crippen LogP contribution in [0.3, 0.4) is 0 Å². The molecule has 6 heteroatoms. The number of piperidine rings is 1. The highest BCUT2D eigenvalue weighted by Gasteiger charge is 2.26. The molecule has 0 aromatic carbocycles. The summed E-state index contributed by atoms with van der Waals surface area (Å²) in [6.07, 6.45) is 2.28. The highest BCUT2D eigenvalue weighted by molar-refractivity contribution is 5.83. The van der Waals surface area contributed by atoms with Crippen molar-refractivity contribution in [1.82, 2.24) is 10.2 Å². The van der Waals surface area contributed by atoms with E-state index >= 15 is 0 Å². The summed E-state index contributed by atoms with van der Waals surface area (Å²) in [4.78, 5) is 24.8. The van der Waals surface area contributed by atoms with Gasteiger partial charge >= 0.3 is 5.97 Å². The number of likely N-dealkylation sites (tertiary alicyclic amines) is 1. The maximum Gasteiger partial charge on any atom is 0.329 e.